The normalized spacial score (nSPS) is 12.8. The summed E-state index contributed by atoms with van der Waals surface area (Å²) in [5, 5.41) is 6.01. The average Bonchev–Trinajstić information content (AvgIpc) is 3.43. The number of hydrogen-bond acceptors (Lipinski definition) is 6. The van der Waals surface area contributed by atoms with Gasteiger partial charge in [0.2, 0.25) is 5.88 Å². The highest BCUT2D eigenvalue weighted by molar-refractivity contribution is 7.16. The van der Waals surface area contributed by atoms with Crippen molar-refractivity contribution in [2.75, 3.05) is 32.2 Å². The second-order valence-corrected chi connectivity index (χ2v) is 7.17. The van der Waals surface area contributed by atoms with Crippen LogP contribution in [0.1, 0.15) is 29.0 Å². The highest BCUT2D eigenvalue weighted by Crippen LogP contribution is 2.28. The van der Waals surface area contributed by atoms with Gasteiger partial charge in [-0.2, -0.15) is 0 Å². The van der Waals surface area contributed by atoms with Crippen LogP contribution in [0, 0.1) is 24.7 Å². The largest absolute Gasteiger partial charge is 0.481 e. The minimum atomic E-state index is -0.294. The molecule has 0 radical (unpaired) electrons. The van der Waals surface area contributed by atoms with Gasteiger partial charge in [0.1, 0.15) is 4.88 Å². The number of amides is 2. The van der Waals surface area contributed by atoms with Gasteiger partial charge in [-0.1, -0.05) is 17.3 Å². The maximum atomic E-state index is 11.9. The fourth-order valence-electron chi connectivity index (χ4n) is 2.18. The standard InChI is InChI=1S/C19H22N4O3S/c1-13-16(7-5-14-6-8-17(25-2)21-11-14)27-19(22-13)23-18(24)20-9-10-26-12-15-3-4-15/h6,8,11,15H,3-4,9-10,12H2,1-2H3,(H2,20,22,23,24). The summed E-state index contributed by atoms with van der Waals surface area (Å²) < 4.78 is 10.5. The lowest BCUT2D eigenvalue weighted by Gasteiger charge is -2.05. The number of aryl methyl sites for hydroxylation is 1. The molecule has 1 saturated carbocycles. The van der Waals surface area contributed by atoms with Crippen molar-refractivity contribution in [3.05, 3.63) is 34.5 Å². The van der Waals surface area contributed by atoms with E-state index in [1.54, 1.807) is 19.4 Å². The molecule has 1 aliphatic carbocycles. The summed E-state index contributed by atoms with van der Waals surface area (Å²) in [5.41, 5.74) is 1.55. The zero-order chi connectivity index (χ0) is 19.1. The van der Waals surface area contributed by atoms with Crippen LogP contribution < -0.4 is 15.4 Å². The van der Waals surface area contributed by atoms with E-state index in [1.807, 2.05) is 13.0 Å². The molecule has 2 aromatic rings. The lowest BCUT2D eigenvalue weighted by Crippen LogP contribution is -2.31. The maximum absolute atomic E-state index is 11.9. The van der Waals surface area contributed by atoms with Gasteiger partial charge in [0, 0.05) is 31.0 Å². The Morgan fingerprint density at radius 1 is 1.37 bits per heavy atom. The molecular weight excluding hydrogens is 364 g/mol. The molecule has 1 aliphatic rings. The second kappa shape index (κ2) is 9.35. The number of carbonyl (C=O) groups excluding carboxylic acids is 1. The first-order valence-electron chi connectivity index (χ1n) is 8.76. The fraction of sp³-hybridized carbons (Fsp3) is 0.421. The van der Waals surface area contributed by atoms with E-state index in [9.17, 15) is 4.79 Å². The smallest absolute Gasteiger partial charge is 0.321 e. The van der Waals surface area contributed by atoms with Crippen molar-refractivity contribution in [2.24, 2.45) is 5.92 Å². The SMILES string of the molecule is COc1ccc(C#Cc2sc(NC(=O)NCCOCC3CC3)nc2C)cn1. The highest BCUT2D eigenvalue weighted by atomic mass is 32.1. The second-order valence-electron chi connectivity index (χ2n) is 6.17. The number of thiazole rings is 1. The van der Waals surface area contributed by atoms with Crippen molar-refractivity contribution in [1.29, 1.82) is 0 Å². The lowest BCUT2D eigenvalue weighted by molar-refractivity contribution is 0.127. The molecule has 0 atom stereocenters. The van der Waals surface area contributed by atoms with Gasteiger partial charge in [-0.05, 0) is 37.7 Å². The van der Waals surface area contributed by atoms with Crippen molar-refractivity contribution >= 4 is 22.5 Å². The van der Waals surface area contributed by atoms with E-state index in [-0.39, 0.29) is 6.03 Å². The predicted octanol–water partition coefficient (Wildman–Crippen LogP) is 2.80. The predicted molar refractivity (Wildman–Crippen MR) is 104 cm³/mol. The van der Waals surface area contributed by atoms with Gasteiger partial charge in [-0.15, -0.1) is 0 Å². The molecule has 2 N–H and O–H groups in total. The van der Waals surface area contributed by atoms with Crippen molar-refractivity contribution in [1.82, 2.24) is 15.3 Å². The molecule has 1 fully saturated rings. The summed E-state index contributed by atoms with van der Waals surface area (Å²) in [6.45, 7) is 3.65. The van der Waals surface area contributed by atoms with Gasteiger partial charge in [0.25, 0.3) is 0 Å². The first-order chi connectivity index (χ1) is 13.1. The number of methoxy groups -OCH3 is 1. The fourth-order valence-corrected chi connectivity index (χ4v) is 3.00. The van der Waals surface area contributed by atoms with Crippen molar-refractivity contribution in [3.8, 4) is 17.7 Å². The number of nitrogens with zero attached hydrogens (tertiary/aromatic N) is 2. The number of pyridine rings is 1. The molecule has 3 rings (SSSR count). The zero-order valence-corrected chi connectivity index (χ0v) is 16.2. The van der Waals surface area contributed by atoms with Gasteiger partial charge < -0.3 is 14.8 Å². The molecular formula is C19H22N4O3S. The van der Waals surface area contributed by atoms with E-state index in [2.05, 4.69) is 32.4 Å². The lowest BCUT2D eigenvalue weighted by atomic mass is 10.3. The molecule has 2 aromatic heterocycles. The average molecular weight is 386 g/mol. The van der Waals surface area contributed by atoms with Crippen LogP contribution >= 0.6 is 11.3 Å². The topological polar surface area (TPSA) is 85.4 Å². The number of urea groups is 1. The number of nitrogens with one attached hydrogen (secondary N) is 2. The molecule has 2 heterocycles. The quantitative estimate of drug-likeness (QED) is 0.565. The molecule has 7 nitrogen and oxygen atoms in total. The van der Waals surface area contributed by atoms with Crippen LogP contribution in [0.3, 0.4) is 0 Å². The third-order valence-electron chi connectivity index (χ3n) is 3.87. The summed E-state index contributed by atoms with van der Waals surface area (Å²) in [7, 11) is 1.57. The molecule has 0 unspecified atom stereocenters. The van der Waals surface area contributed by atoms with E-state index in [0.717, 1.165) is 28.7 Å². The molecule has 142 valence electrons. The maximum Gasteiger partial charge on any atom is 0.321 e. The monoisotopic (exact) mass is 386 g/mol. The van der Waals surface area contributed by atoms with E-state index in [0.29, 0.717) is 24.2 Å². The highest BCUT2D eigenvalue weighted by Gasteiger charge is 2.20. The van der Waals surface area contributed by atoms with Crippen LogP contribution in [0.15, 0.2) is 18.3 Å². The summed E-state index contributed by atoms with van der Waals surface area (Å²) in [6.07, 6.45) is 4.18. The molecule has 2 amide bonds. The molecule has 8 heteroatoms. The number of carbonyl (C=O) groups is 1. The van der Waals surface area contributed by atoms with Gasteiger partial charge in [-0.25, -0.2) is 14.8 Å². The minimum absolute atomic E-state index is 0.294. The molecule has 0 aromatic carbocycles. The number of anilines is 1. The summed E-state index contributed by atoms with van der Waals surface area (Å²) in [4.78, 5) is 21.2. The Bertz CT molecular complexity index is 835. The van der Waals surface area contributed by atoms with Gasteiger partial charge in [0.05, 0.1) is 19.4 Å². The Balaban J connectivity index is 1.48. The third-order valence-corrected chi connectivity index (χ3v) is 4.85. The van der Waals surface area contributed by atoms with Crippen molar-refractivity contribution in [2.45, 2.75) is 19.8 Å². The number of rotatable bonds is 7. The van der Waals surface area contributed by atoms with E-state index in [4.69, 9.17) is 9.47 Å². The van der Waals surface area contributed by atoms with Crippen LogP contribution in [0.4, 0.5) is 9.93 Å². The number of aromatic nitrogens is 2. The summed E-state index contributed by atoms with van der Waals surface area (Å²) in [6, 6.07) is 3.31. The molecule has 0 bridgehead atoms. The van der Waals surface area contributed by atoms with Gasteiger partial charge in [-0.3, -0.25) is 5.32 Å². The van der Waals surface area contributed by atoms with Crippen LogP contribution in [0.5, 0.6) is 5.88 Å². The zero-order valence-electron chi connectivity index (χ0n) is 15.4. The van der Waals surface area contributed by atoms with Crippen LogP contribution in [-0.2, 0) is 4.74 Å². The Morgan fingerprint density at radius 2 is 2.22 bits per heavy atom. The van der Waals surface area contributed by atoms with Crippen molar-refractivity contribution < 1.29 is 14.3 Å². The van der Waals surface area contributed by atoms with E-state index < -0.39 is 0 Å². The van der Waals surface area contributed by atoms with Crippen LogP contribution in [-0.4, -0.2) is 42.9 Å². The third kappa shape index (κ3) is 6.24. The summed E-state index contributed by atoms with van der Waals surface area (Å²) >= 11 is 1.34. The van der Waals surface area contributed by atoms with Gasteiger partial charge >= 0.3 is 6.03 Å². The number of ether oxygens (including phenoxy) is 2. The Kier molecular flexibility index (Phi) is 6.63. The number of hydrogen-bond donors (Lipinski definition) is 2. The van der Waals surface area contributed by atoms with E-state index in [1.165, 1.54) is 24.2 Å². The summed E-state index contributed by atoms with van der Waals surface area (Å²) in [5.74, 6) is 7.38. The Morgan fingerprint density at radius 3 is 2.93 bits per heavy atom. The van der Waals surface area contributed by atoms with Crippen molar-refractivity contribution in [3.63, 3.8) is 0 Å². The van der Waals surface area contributed by atoms with Crippen LogP contribution in [0.25, 0.3) is 0 Å². The van der Waals surface area contributed by atoms with Crippen LogP contribution in [0.2, 0.25) is 0 Å². The molecule has 0 saturated heterocycles. The Labute approximate surface area is 162 Å². The van der Waals surface area contributed by atoms with Gasteiger partial charge in [0.15, 0.2) is 5.13 Å². The molecule has 0 spiro atoms. The Hall–Kier alpha value is -2.63. The minimum Gasteiger partial charge on any atom is -0.481 e. The first-order valence-corrected chi connectivity index (χ1v) is 9.58. The molecule has 0 aliphatic heterocycles. The van der Waals surface area contributed by atoms with E-state index >= 15 is 0 Å². The first kappa shape index (κ1) is 19.1. The molecule has 27 heavy (non-hydrogen) atoms.